The van der Waals surface area contributed by atoms with Gasteiger partial charge in [0.15, 0.2) is 0 Å². The number of hydrogen-bond acceptors (Lipinski definition) is 1. The molecule has 0 spiro atoms. The molecule has 0 amide bonds. The van der Waals surface area contributed by atoms with Crippen molar-refractivity contribution in [3.8, 4) is 0 Å². The van der Waals surface area contributed by atoms with Crippen molar-refractivity contribution in [2.24, 2.45) is 10.4 Å². The van der Waals surface area contributed by atoms with E-state index in [0.29, 0.717) is 0 Å². The summed E-state index contributed by atoms with van der Waals surface area (Å²) in [5.74, 6) is -0.221. The lowest BCUT2D eigenvalue weighted by atomic mass is 9.82. The summed E-state index contributed by atoms with van der Waals surface area (Å²) < 4.78 is 14.4. The maximum atomic E-state index is 14.4. The highest BCUT2D eigenvalue weighted by atomic mass is 19.1. The standard InChI is InChI=1S/C27H31FN2/c1-6-27(7-2)14-13-18-9-8-10-21-19(17-26(3,4)5)15-24(29-25(18)21)22-16-20(28)11-12-23(22)30-27/h8-16,29H,6-7,17H2,1-5H3/p+1/b14-13-,24-22-,30-23?. The maximum absolute atomic E-state index is 14.4. The molecule has 2 aromatic rings. The molecular formula is C27H32FN2+. The van der Waals surface area contributed by atoms with E-state index in [1.165, 1.54) is 28.5 Å². The summed E-state index contributed by atoms with van der Waals surface area (Å²) in [6, 6.07) is 11.5. The maximum Gasteiger partial charge on any atom is 0.149 e. The summed E-state index contributed by atoms with van der Waals surface area (Å²) >= 11 is 0. The minimum atomic E-state index is -0.292. The third-order valence-electron chi connectivity index (χ3n) is 6.25. The van der Waals surface area contributed by atoms with E-state index in [1.54, 1.807) is 6.07 Å². The normalized spacial score (nSPS) is 20.0. The SMILES string of the molecule is CCC1(CC)/C=C\c2cccc3c2[NH2+]/C(=c2/cc(F)ccc2=N1)C=C3CC(C)(C)C. The van der Waals surface area contributed by atoms with Gasteiger partial charge in [0.05, 0.1) is 16.1 Å². The quantitative estimate of drug-likeness (QED) is 0.709. The highest BCUT2D eigenvalue weighted by molar-refractivity contribution is 5.85. The topological polar surface area (TPSA) is 29.0 Å². The summed E-state index contributed by atoms with van der Waals surface area (Å²) in [5, 5.41) is 3.95. The van der Waals surface area contributed by atoms with Crippen molar-refractivity contribution in [3.63, 3.8) is 0 Å². The van der Waals surface area contributed by atoms with E-state index in [9.17, 15) is 4.39 Å². The van der Waals surface area contributed by atoms with Gasteiger partial charge in [0, 0.05) is 17.2 Å². The highest BCUT2D eigenvalue weighted by Gasteiger charge is 2.28. The van der Waals surface area contributed by atoms with E-state index in [-0.39, 0.29) is 16.8 Å². The van der Waals surface area contributed by atoms with Crippen molar-refractivity contribution < 1.29 is 9.71 Å². The Morgan fingerprint density at radius 1 is 1.07 bits per heavy atom. The van der Waals surface area contributed by atoms with Gasteiger partial charge in [-0.25, -0.2) is 4.39 Å². The van der Waals surface area contributed by atoms with Gasteiger partial charge in [0.25, 0.3) is 0 Å². The van der Waals surface area contributed by atoms with Gasteiger partial charge in [0.2, 0.25) is 0 Å². The molecule has 2 aliphatic heterocycles. The third kappa shape index (κ3) is 3.91. The molecule has 2 heterocycles. The first kappa shape index (κ1) is 20.7. The first-order chi connectivity index (χ1) is 14.2. The molecule has 2 N–H and O–H groups in total. The molecule has 30 heavy (non-hydrogen) atoms. The fourth-order valence-corrected chi connectivity index (χ4v) is 4.51. The fraction of sp³-hybridized carbons (Fsp3) is 0.370. The second kappa shape index (κ2) is 7.63. The minimum absolute atomic E-state index is 0.156. The molecular weight excluding hydrogens is 371 g/mol. The molecule has 0 atom stereocenters. The van der Waals surface area contributed by atoms with Crippen LogP contribution < -0.4 is 15.9 Å². The van der Waals surface area contributed by atoms with E-state index in [0.717, 1.165) is 35.5 Å². The van der Waals surface area contributed by atoms with Crippen LogP contribution in [0.3, 0.4) is 0 Å². The molecule has 0 fully saturated rings. The molecule has 4 rings (SSSR count). The first-order valence-electron chi connectivity index (χ1n) is 11.0. The van der Waals surface area contributed by atoms with Crippen LogP contribution in [0, 0.1) is 11.2 Å². The number of hydrogen-bond donors (Lipinski definition) is 1. The van der Waals surface area contributed by atoms with Crippen molar-refractivity contribution in [1.29, 1.82) is 0 Å². The molecule has 2 bridgehead atoms. The Kier molecular flexibility index (Phi) is 5.27. The van der Waals surface area contributed by atoms with E-state index < -0.39 is 0 Å². The molecule has 0 aliphatic carbocycles. The van der Waals surface area contributed by atoms with Gasteiger partial charge < -0.3 is 0 Å². The Balaban J connectivity index is 2.13. The third-order valence-corrected chi connectivity index (χ3v) is 6.25. The van der Waals surface area contributed by atoms with Crippen LogP contribution in [0.2, 0.25) is 0 Å². The van der Waals surface area contributed by atoms with Crippen molar-refractivity contribution >= 4 is 23.0 Å². The predicted octanol–water partition coefficient (Wildman–Crippen LogP) is 4.87. The van der Waals surface area contributed by atoms with Gasteiger partial charge in [-0.15, -0.1) is 0 Å². The zero-order valence-electron chi connectivity index (χ0n) is 18.7. The Hall–Kier alpha value is -2.52. The number of halogens is 1. The molecule has 2 aliphatic rings. The fourth-order valence-electron chi connectivity index (χ4n) is 4.51. The predicted molar refractivity (Wildman–Crippen MR) is 123 cm³/mol. The van der Waals surface area contributed by atoms with Crippen LogP contribution in [0.1, 0.15) is 65.0 Å². The number of allylic oxidation sites excluding steroid dienone is 1. The van der Waals surface area contributed by atoms with Gasteiger partial charge in [-0.3, -0.25) is 10.3 Å². The molecule has 0 unspecified atom stereocenters. The Morgan fingerprint density at radius 2 is 1.83 bits per heavy atom. The minimum Gasteiger partial charge on any atom is -0.280 e. The molecule has 2 nitrogen and oxygen atoms in total. The number of fused-ring (bicyclic) bond motifs is 2. The molecule has 0 radical (unpaired) electrons. The van der Waals surface area contributed by atoms with Crippen LogP contribution in [0.15, 0.2) is 53.5 Å². The lowest BCUT2D eigenvalue weighted by Gasteiger charge is -2.27. The van der Waals surface area contributed by atoms with Crippen LogP contribution in [-0.2, 0) is 0 Å². The number of nitrogens with zero attached hydrogens (tertiary/aromatic N) is 1. The first-order valence-corrected chi connectivity index (χ1v) is 11.0. The molecule has 0 saturated heterocycles. The lowest BCUT2D eigenvalue weighted by Crippen LogP contribution is -2.78. The number of quaternary nitrogens is 1. The van der Waals surface area contributed by atoms with E-state index >= 15 is 0 Å². The zero-order chi connectivity index (χ0) is 21.5. The van der Waals surface area contributed by atoms with E-state index in [4.69, 9.17) is 4.99 Å². The van der Waals surface area contributed by atoms with Crippen molar-refractivity contribution in [2.45, 2.75) is 59.4 Å². The van der Waals surface area contributed by atoms with Gasteiger partial charge in [0.1, 0.15) is 17.2 Å². The van der Waals surface area contributed by atoms with E-state index in [2.05, 4.69) is 76.4 Å². The second-order valence-corrected chi connectivity index (χ2v) is 9.73. The van der Waals surface area contributed by atoms with Gasteiger partial charge in [-0.2, -0.15) is 0 Å². The van der Waals surface area contributed by atoms with Crippen LogP contribution in [0.5, 0.6) is 0 Å². The summed E-state index contributed by atoms with van der Waals surface area (Å²) in [4.78, 5) is 5.18. The number of para-hydroxylation sites is 1. The summed E-state index contributed by atoms with van der Waals surface area (Å²) in [6.07, 6.45) is 9.48. The number of nitrogens with two attached hydrogens (primary N) is 1. The molecule has 3 heteroatoms. The molecule has 2 aromatic carbocycles. The van der Waals surface area contributed by atoms with Crippen molar-refractivity contribution in [1.82, 2.24) is 0 Å². The van der Waals surface area contributed by atoms with Gasteiger partial charge in [-0.05, 0) is 60.6 Å². The van der Waals surface area contributed by atoms with Crippen LogP contribution in [-0.4, -0.2) is 5.54 Å². The largest absolute Gasteiger partial charge is 0.280 e. The summed E-state index contributed by atoms with van der Waals surface area (Å²) in [7, 11) is 0. The van der Waals surface area contributed by atoms with Gasteiger partial charge in [-0.1, -0.05) is 52.8 Å². The van der Waals surface area contributed by atoms with E-state index in [1.807, 2.05) is 6.07 Å². The summed E-state index contributed by atoms with van der Waals surface area (Å²) in [5.41, 5.74) is 5.92. The zero-order valence-corrected chi connectivity index (χ0v) is 18.7. The molecule has 0 saturated carbocycles. The Morgan fingerprint density at radius 3 is 2.53 bits per heavy atom. The Labute approximate surface area is 178 Å². The molecule has 0 aromatic heterocycles. The summed E-state index contributed by atoms with van der Waals surface area (Å²) in [6.45, 7) is 11.1. The smallest absolute Gasteiger partial charge is 0.149 e. The lowest BCUT2D eigenvalue weighted by molar-refractivity contribution is -0.470. The average Bonchev–Trinajstić information content (AvgIpc) is 2.71. The number of benzene rings is 2. The monoisotopic (exact) mass is 403 g/mol. The average molecular weight is 404 g/mol. The Bertz CT molecular complexity index is 1160. The molecule has 156 valence electrons. The van der Waals surface area contributed by atoms with Gasteiger partial charge >= 0.3 is 0 Å². The highest BCUT2D eigenvalue weighted by Crippen LogP contribution is 2.37. The second-order valence-electron chi connectivity index (χ2n) is 9.73. The van der Waals surface area contributed by atoms with Crippen LogP contribution >= 0.6 is 0 Å². The van der Waals surface area contributed by atoms with Crippen LogP contribution in [0.4, 0.5) is 10.1 Å². The van der Waals surface area contributed by atoms with Crippen LogP contribution in [0.25, 0.3) is 17.3 Å². The number of rotatable bonds is 3. The van der Waals surface area contributed by atoms with Crippen molar-refractivity contribution in [3.05, 3.63) is 76.1 Å². The van der Waals surface area contributed by atoms with Crippen molar-refractivity contribution in [2.75, 3.05) is 0 Å².